The first-order valence-electron chi connectivity index (χ1n) is 3.88. The maximum atomic E-state index is 12.9. The minimum absolute atomic E-state index is 0.528. The van der Waals surface area contributed by atoms with Crippen LogP contribution < -0.4 is 4.74 Å². The van der Waals surface area contributed by atoms with Gasteiger partial charge in [0.1, 0.15) is 5.75 Å². The molecule has 0 saturated carbocycles. The Kier molecular flexibility index (Phi) is 3.16. The largest absolute Gasteiger partial charge is 0.458 e. The Morgan fingerprint density at radius 2 is 1.62 bits per heavy atom. The monoisotopic (exact) mass is 239 g/mol. The molecule has 1 aromatic carbocycles. The molecule has 1 rings (SSSR count). The van der Waals surface area contributed by atoms with E-state index in [0.717, 1.165) is 24.7 Å². The molecule has 87 valence electrons. The lowest BCUT2D eigenvalue weighted by Crippen LogP contribution is -2.34. The Bertz CT molecular complexity index is 386. The number of alkyl halides is 5. The summed E-state index contributed by atoms with van der Waals surface area (Å²) in [6.45, 7) is 0.797. The van der Waals surface area contributed by atoms with Crippen LogP contribution >= 0.6 is 0 Å². The van der Waals surface area contributed by atoms with E-state index in [-0.39, 0.29) is 0 Å². The number of ether oxygens (including phenoxy) is 1. The molecule has 0 heterocycles. The fourth-order valence-corrected chi connectivity index (χ4v) is 1.01. The molecule has 0 aliphatic heterocycles. The van der Waals surface area contributed by atoms with Gasteiger partial charge in [-0.05, 0) is 12.1 Å². The molecule has 0 atom stereocenters. The van der Waals surface area contributed by atoms with E-state index < -0.39 is 23.4 Å². The van der Waals surface area contributed by atoms with Crippen molar-refractivity contribution in [1.29, 1.82) is 0 Å². The van der Waals surface area contributed by atoms with Crippen molar-refractivity contribution in [3.8, 4) is 5.75 Å². The topological polar surface area (TPSA) is 26.3 Å². The number of halogens is 5. The smallest absolute Gasteiger partial charge is 0.418 e. The van der Waals surface area contributed by atoms with Crippen LogP contribution in [0.3, 0.4) is 0 Å². The molecule has 16 heavy (non-hydrogen) atoms. The van der Waals surface area contributed by atoms with Crippen LogP contribution in [-0.4, -0.2) is 12.6 Å². The van der Waals surface area contributed by atoms with Crippen molar-refractivity contribution in [2.24, 2.45) is 0 Å². The maximum Gasteiger partial charge on any atom is 0.458 e. The minimum atomic E-state index is -5.75. The van der Waals surface area contributed by atoms with E-state index in [1.165, 1.54) is 0 Å². The number of rotatable bonds is 3. The fourth-order valence-electron chi connectivity index (χ4n) is 1.01. The highest BCUT2D eigenvalue weighted by molar-refractivity contribution is 5.49. The number of hydrogen-bond acceptors (Lipinski definition) is 2. The van der Waals surface area contributed by atoms with Crippen LogP contribution in [0.4, 0.5) is 22.0 Å². The normalized spacial score (nSPS) is 12.3. The summed E-state index contributed by atoms with van der Waals surface area (Å²) < 4.78 is 65.9. The lowest BCUT2D eigenvalue weighted by molar-refractivity contribution is -0.289. The van der Waals surface area contributed by atoms with Gasteiger partial charge < -0.3 is 4.74 Å². The van der Waals surface area contributed by atoms with E-state index in [0.29, 0.717) is 6.07 Å². The summed E-state index contributed by atoms with van der Waals surface area (Å²) >= 11 is 0. The average Bonchev–Trinajstić information content (AvgIpc) is 2.17. The number of benzene rings is 1. The van der Waals surface area contributed by atoms with Gasteiger partial charge in [0.05, 0.1) is 5.56 Å². The Labute approximate surface area is 86.6 Å². The Morgan fingerprint density at radius 3 is 2.12 bits per heavy atom. The Balaban J connectivity index is 3.26. The second kappa shape index (κ2) is 4.07. The fraction of sp³-hybridized carbons (Fsp3) is 0.222. The molecule has 0 saturated heterocycles. The first kappa shape index (κ1) is 12.4. The number of para-hydroxylation sites is 1. The minimum Gasteiger partial charge on any atom is -0.418 e. The molecule has 2 nitrogen and oxygen atoms in total. The molecule has 1 aromatic rings. The zero-order valence-corrected chi connectivity index (χ0v) is 7.52. The summed E-state index contributed by atoms with van der Waals surface area (Å²) in [6.07, 6.45) is -5.75. The highest BCUT2D eigenvalue weighted by atomic mass is 19.4. The molecule has 0 fully saturated rings. The molecular formula is C9H4F5O2. The van der Waals surface area contributed by atoms with Gasteiger partial charge in [-0.1, -0.05) is 12.1 Å². The summed E-state index contributed by atoms with van der Waals surface area (Å²) in [5.74, 6) is -5.96. The van der Waals surface area contributed by atoms with Crippen molar-refractivity contribution >= 4 is 6.47 Å². The predicted octanol–water partition coefficient (Wildman–Crippen LogP) is 2.79. The van der Waals surface area contributed by atoms with Gasteiger partial charge in [-0.25, -0.2) is 4.79 Å². The molecule has 0 N–H and O–H groups in total. The zero-order valence-electron chi connectivity index (χ0n) is 7.52. The van der Waals surface area contributed by atoms with Gasteiger partial charge in [0, 0.05) is 0 Å². The second-order valence-corrected chi connectivity index (χ2v) is 2.75. The van der Waals surface area contributed by atoms with Crippen LogP contribution in [0.25, 0.3) is 0 Å². The van der Waals surface area contributed by atoms with Gasteiger partial charge in [-0.15, -0.1) is 0 Å². The Hall–Kier alpha value is -1.66. The molecule has 0 aliphatic rings. The van der Waals surface area contributed by atoms with Gasteiger partial charge in [0.2, 0.25) is 0 Å². The summed E-state index contributed by atoms with van der Waals surface area (Å²) in [6, 6.07) is 3.48. The SMILES string of the molecule is O=[C]Oc1ccccc1C(F)(F)C(F)(F)F. The third-order valence-electron chi connectivity index (χ3n) is 1.73. The molecule has 0 unspecified atom stereocenters. The van der Waals surface area contributed by atoms with Crippen LogP contribution in [0, 0.1) is 0 Å². The summed E-state index contributed by atoms with van der Waals surface area (Å²) in [7, 11) is 0. The second-order valence-electron chi connectivity index (χ2n) is 2.75. The highest BCUT2D eigenvalue weighted by Gasteiger charge is 2.60. The van der Waals surface area contributed by atoms with E-state index in [4.69, 9.17) is 0 Å². The van der Waals surface area contributed by atoms with Crippen LogP contribution in [0.5, 0.6) is 5.75 Å². The van der Waals surface area contributed by atoms with Crippen LogP contribution in [0.1, 0.15) is 5.56 Å². The van der Waals surface area contributed by atoms with Gasteiger partial charge in [-0.2, -0.15) is 22.0 Å². The average molecular weight is 239 g/mol. The van der Waals surface area contributed by atoms with Crippen molar-refractivity contribution in [3.05, 3.63) is 29.8 Å². The van der Waals surface area contributed by atoms with E-state index in [2.05, 4.69) is 4.74 Å². The Morgan fingerprint density at radius 1 is 1.06 bits per heavy atom. The molecule has 7 heteroatoms. The van der Waals surface area contributed by atoms with E-state index in [9.17, 15) is 26.7 Å². The van der Waals surface area contributed by atoms with Gasteiger partial charge >= 0.3 is 18.6 Å². The summed E-state index contributed by atoms with van der Waals surface area (Å²) in [5.41, 5.74) is -1.43. The molecule has 0 aromatic heterocycles. The molecule has 1 radical (unpaired) electrons. The highest BCUT2D eigenvalue weighted by Crippen LogP contribution is 2.46. The van der Waals surface area contributed by atoms with Crippen molar-refractivity contribution < 1.29 is 31.5 Å². The van der Waals surface area contributed by atoms with Crippen molar-refractivity contribution in [3.63, 3.8) is 0 Å². The summed E-state index contributed by atoms with van der Waals surface area (Å²) in [4.78, 5) is 9.83. The van der Waals surface area contributed by atoms with Gasteiger partial charge in [0.15, 0.2) is 0 Å². The van der Waals surface area contributed by atoms with E-state index >= 15 is 0 Å². The van der Waals surface area contributed by atoms with Crippen molar-refractivity contribution in [1.82, 2.24) is 0 Å². The number of hydrogen-bond donors (Lipinski definition) is 0. The van der Waals surface area contributed by atoms with Crippen molar-refractivity contribution in [2.75, 3.05) is 0 Å². The first-order chi connectivity index (χ1) is 7.30. The molecule has 0 bridgehead atoms. The van der Waals surface area contributed by atoms with Gasteiger partial charge in [-0.3, -0.25) is 0 Å². The third-order valence-corrected chi connectivity index (χ3v) is 1.73. The first-order valence-corrected chi connectivity index (χ1v) is 3.88. The molecular weight excluding hydrogens is 235 g/mol. The molecule has 0 spiro atoms. The third kappa shape index (κ3) is 2.12. The molecule has 0 amide bonds. The number of carbonyl (C=O) groups excluding carboxylic acids is 1. The molecule has 0 aliphatic carbocycles. The standard InChI is InChI=1S/C9H4F5O2/c10-8(11,9(12,13)14)6-3-1-2-4-7(6)16-5-15/h1-4H. The maximum absolute atomic E-state index is 12.9. The quantitative estimate of drug-likeness (QED) is 0.758. The van der Waals surface area contributed by atoms with Crippen LogP contribution in [0.15, 0.2) is 24.3 Å². The van der Waals surface area contributed by atoms with E-state index in [1.807, 2.05) is 0 Å². The summed E-state index contributed by atoms with van der Waals surface area (Å²) in [5, 5.41) is 0. The zero-order chi connectivity index (χ0) is 12.4. The predicted molar refractivity (Wildman–Crippen MR) is 42.7 cm³/mol. The van der Waals surface area contributed by atoms with Crippen molar-refractivity contribution in [2.45, 2.75) is 12.1 Å². The van der Waals surface area contributed by atoms with Gasteiger partial charge in [0.25, 0.3) is 0 Å². The van der Waals surface area contributed by atoms with Crippen LogP contribution in [0.2, 0.25) is 0 Å². The lowest BCUT2D eigenvalue weighted by atomic mass is 10.1. The van der Waals surface area contributed by atoms with E-state index in [1.54, 1.807) is 0 Å². The lowest BCUT2D eigenvalue weighted by Gasteiger charge is -2.21. The van der Waals surface area contributed by atoms with Crippen LogP contribution in [-0.2, 0) is 10.7 Å².